The summed E-state index contributed by atoms with van der Waals surface area (Å²) in [4.78, 5) is 24.0. The van der Waals surface area contributed by atoms with Gasteiger partial charge in [0.2, 0.25) is 17.1 Å². The van der Waals surface area contributed by atoms with E-state index in [1.165, 1.54) is 5.56 Å². The van der Waals surface area contributed by atoms with Crippen molar-refractivity contribution < 1.29 is 4.42 Å². The SMILES string of the molecule is Cc1ccc(-c2nc(N3CCCN(CCc4ccccn4)CC3)c3oc(-c4ccccc4)nc3n2)cc1. The number of nitrogens with zero attached hydrogens (tertiary/aromatic N) is 6. The Balaban J connectivity index is 1.31. The summed E-state index contributed by atoms with van der Waals surface area (Å²) in [5.74, 6) is 2.06. The third-order valence-corrected chi connectivity index (χ3v) is 6.86. The van der Waals surface area contributed by atoms with Crippen molar-refractivity contribution in [3.63, 3.8) is 0 Å². The van der Waals surface area contributed by atoms with Gasteiger partial charge < -0.3 is 14.2 Å². The Morgan fingerprint density at radius 1 is 0.784 bits per heavy atom. The molecular weight excluding hydrogens is 460 g/mol. The van der Waals surface area contributed by atoms with Crippen LogP contribution in [0.4, 0.5) is 5.82 Å². The molecule has 1 fully saturated rings. The van der Waals surface area contributed by atoms with Crippen LogP contribution in [0.3, 0.4) is 0 Å². The van der Waals surface area contributed by atoms with E-state index in [0.717, 1.165) is 68.2 Å². The van der Waals surface area contributed by atoms with E-state index >= 15 is 0 Å². The summed E-state index contributed by atoms with van der Waals surface area (Å²) in [6, 6.07) is 24.4. The van der Waals surface area contributed by atoms with Crippen LogP contribution in [0.2, 0.25) is 0 Å². The van der Waals surface area contributed by atoms with Gasteiger partial charge in [-0.15, -0.1) is 0 Å². The molecule has 0 spiro atoms. The smallest absolute Gasteiger partial charge is 0.229 e. The lowest BCUT2D eigenvalue weighted by molar-refractivity contribution is 0.296. The number of hydrogen-bond acceptors (Lipinski definition) is 7. The van der Waals surface area contributed by atoms with Crippen LogP contribution in [0, 0.1) is 6.92 Å². The number of benzene rings is 2. The molecule has 7 nitrogen and oxygen atoms in total. The molecule has 1 aliphatic heterocycles. The predicted molar refractivity (Wildman–Crippen MR) is 146 cm³/mol. The van der Waals surface area contributed by atoms with Gasteiger partial charge in [0.1, 0.15) is 0 Å². The molecule has 0 saturated carbocycles. The topological polar surface area (TPSA) is 71.2 Å². The van der Waals surface area contributed by atoms with Crippen molar-refractivity contribution in [1.29, 1.82) is 0 Å². The highest BCUT2D eigenvalue weighted by Gasteiger charge is 2.23. The summed E-state index contributed by atoms with van der Waals surface area (Å²) >= 11 is 0. The molecule has 186 valence electrons. The summed E-state index contributed by atoms with van der Waals surface area (Å²) in [6.07, 6.45) is 3.87. The van der Waals surface area contributed by atoms with E-state index in [9.17, 15) is 0 Å². The number of fused-ring (bicyclic) bond motifs is 1. The van der Waals surface area contributed by atoms with E-state index in [1.54, 1.807) is 0 Å². The zero-order valence-electron chi connectivity index (χ0n) is 21.0. The molecule has 2 aromatic carbocycles. The van der Waals surface area contributed by atoms with Crippen LogP contribution in [0.15, 0.2) is 83.4 Å². The number of hydrogen-bond donors (Lipinski definition) is 0. The van der Waals surface area contributed by atoms with Gasteiger partial charge in [0.25, 0.3) is 0 Å². The maximum atomic E-state index is 6.32. The lowest BCUT2D eigenvalue weighted by atomic mass is 10.1. The van der Waals surface area contributed by atoms with Crippen LogP contribution in [-0.4, -0.2) is 57.6 Å². The zero-order valence-corrected chi connectivity index (χ0v) is 21.0. The van der Waals surface area contributed by atoms with Gasteiger partial charge in [0.15, 0.2) is 11.6 Å². The van der Waals surface area contributed by atoms with Crippen molar-refractivity contribution in [2.45, 2.75) is 19.8 Å². The fourth-order valence-electron chi connectivity index (χ4n) is 4.79. The van der Waals surface area contributed by atoms with Crippen molar-refractivity contribution in [2.24, 2.45) is 0 Å². The van der Waals surface area contributed by atoms with E-state index in [4.69, 9.17) is 19.4 Å². The minimum Gasteiger partial charge on any atom is -0.430 e. The van der Waals surface area contributed by atoms with E-state index in [2.05, 4.69) is 58.1 Å². The molecule has 5 aromatic rings. The molecule has 3 aromatic heterocycles. The fourth-order valence-corrected chi connectivity index (χ4v) is 4.79. The van der Waals surface area contributed by atoms with Crippen LogP contribution < -0.4 is 4.90 Å². The third-order valence-electron chi connectivity index (χ3n) is 6.86. The van der Waals surface area contributed by atoms with Gasteiger partial charge in [-0.2, -0.15) is 4.98 Å². The minimum absolute atomic E-state index is 0.569. The molecule has 0 amide bonds. The molecule has 6 rings (SSSR count). The van der Waals surface area contributed by atoms with Gasteiger partial charge >= 0.3 is 0 Å². The largest absolute Gasteiger partial charge is 0.430 e. The van der Waals surface area contributed by atoms with E-state index in [-0.39, 0.29) is 0 Å². The number of aryl methyl sites for hydroxylation is 1. The van der Waals surface area contributed by atoms with Crippen LogP contribution in [0.1, 0.15) is 17.7 Å². The van der Waals surface area contributed by atoms with Crippen LogP contribution in [0.25, 0.3) is 34.1 Å². The van der Waals surface area contributed by atoms with Gasteiger partial charge in [0, 0.05) is 55.6 Å². The summed E-state index contributed by atoms with van der Waals surface area (Å²) in [6.45, 7) is 6.86. The highest BCUT2D eigenvalue weighted by molar-refractivity contribution is 5.85. The maximum Gasteiger partial charge on any atom is 0.229 e. The van der Waals surface area contributed by atoms with E-state index in [0.29, 0.717) is 22.9 Å². The Morgan fingerprint density at radius 3 is 2.43 bits per heavy atom. The molecule has 0 unspecified atom stereocenters. The van der Waals surface area contributed by atoms with Gasteiger partial charge in [-0.25, -0.2) is 9.97 Å². The number of anilines is 1. The number of rotatable bonds is 6. The van der Waals surface area contributed by atoms with Crippen molar-refractivity contribution in [3.05, 3.63) is 90.3 Å². The second-order valence-corrected chi connectivity index (χ2v) is 9.53. The zero-order chi connectivity index (χ0) is 25.0. The average molecular weight is 491 g/mol. The van der Waals surface area contributed by atoms with Crippen molar-refractivity contribution in [2.75, 3.05) is 37.6 Å². The maximum absolute atomic E-state index is 6.32. The predicted octanol–water partition coefficient (Wildman–Crippen LogP) is 5.41. The Hall–Kier alpha value is -4.10. The lowest BCUT2D eigenvalue weighted by Gasteiger charge is -2.23. The number of oxazole rings is 1. The van der Waals surface area contributed by atoms with Crippen molar-refractivity contribution >= 4 is 17.0 Å². The molecule has 0 atom stereocenters. The first kappa shape index (κ1) is 23.3. The first-order valence-corrected chi connectivity index (χ1v) is 12.9. The van der Waals surface area contributed by atoms with Gasteiger partial charge in [0.05, 0.1) is 0 Å². The average Bonchev–Trinajstić information content (AvgIpc) is 3.24. The summed E-state index contributed by atoms with van der Waals surface area (Å²) in [5, 5.41) is 0. The molecule has 1 saturated heterocycles. The van der Waals surface area contributed by atoms with E-state index in [1.807, 2.05) is 42.6 Å². The van der Waals surface area contributed by atoms with Gasteiger partial charge in [-0.05, 0) is 44.2 Å². The molecule has 0 aliphatic carbocycles. The summed E-state index contributed by atoms with van der Waals surface area (Å²) in [5.41, 5.74) is 5.49. The van der Waals surface area contributed by atoms with Crippen molar-refractivity contribution in [1.82, 2.24) is 24.8 Å². The van der Waals surface area contributed by atoms with Gasteiger partial charge in [-0.1, -0.05) is 54.1 Å². The molecule has 37 heavy (non-hydrogen) atoms. The third kappa shape index (κ3) is 5.22. The first-order chi connectivity index (χ1) is 18.2. The molecule has 0 radical (unpaired) electrons. The first-order valence-electron chi connectivity index (χ1n) is 12.9. The Bertz CT molecular complexity index is 1470. The normalized spacial score (nSPS) is 14.7. The highest BCUT2D eigenvalue weighted by Crippen LogP contribution is 2.32. The van der Waals surface area contributed by atoms with Crippen LogP contribution >= 0.6 is 0 Å². The molecule has 7 heteroatoms. The Kier molecular flexibility index (Phi) is 6.60. The number of aromatic nitrogens is 4. The standard InChI is InChI=1S/C30H30N6O/c1-22-11-13-23(14-12-22)27-32-28-26(37-30(34-28)24-8-3-2-4-9-24)29(33-27)36-18-7-17-35(20-21-36)19-15-25-10-5-6-16-31-25/h2-6,8-14,16H,7,15,17-21H2,1H3. The van der Waals surface area contributed by atoms with E-state index < -0.39 is 0 Å². The Labute approximate surface area is 216 Å². The molecule has 1 aliphatic rings. The summed E-state index contributed by atoms with van der Waals surface area (Å²) in [7, 11) is 0. The minimum atomic E-state index is 0.569. The second kappa shape index (κ2) is 10.5. The Morgan fingerprint density at radius 2 is 1.62 bits per heavy atom. The lowest BCUT2D eigenvalue weighted by Crippen LogP contribution is -2.32. The van der Waals surface area contributed by atoms with Gasteiger partial charge in [-0.3, -0.25) is 4.98 Å². The monoisotopic (exact) mass is 490 g/mol. The number of pyridine rings is 1. The van der Waals surface area contributed by atoms with Crippen LogP contribution in [0.5, 0.6) is 0 Å². The molecular formula is C30H30N6O. The summed E-state index contributed by atoms with van der Waals surface area (Å²) < 4.78 is 6.32. The highest BCUT2D eigenvalue weighted by atomic mass is 16.4. The quantitative estimate of drug-likeness (QED) is 0.315. The van der Waals surface area contributed by atoms with Crippen molar-refractivity contribution in [3.8, 4) is 22.8 Å². The molecule has 0 bridgehead atoms. The van der Waals surface area contributed by atoms with Crippen LogP contribution in [-0.2, 0) is 6.42 Å². The second-order valence-electron chi connectivity index (χ2n) is 9.53. The fraction of sp³-hybridized carbons (Fsp3) is 0.267. The molecule has 0 N–H and O–H groups in total. The molecule has 4 heterocycles.